The summed E-state index contributed by atoms with van der Waals surface area (Å²) in [4.78, 5) is 0. The maximum absolute atomic E-state index is 5.59. The van der Waals surface area contributed by atoms with Gasteiger partial charge in [0.1, 0.15) is 12.4 Å². The van der Waals surface area contributed by atoms with Crippen molar-refractivity contribution >= 4 is 5.65 Å². The average Bonchev–Trinajstić information content (AvgIpc) is 2.93. The van der Waals surface area contributed by atoms with Crippen molar-refractivity contribution in [3.8, 4) is 11.6 Å². The van der Waals surface area contributed by atoms with E-state index in [0.29, 0.717) is 18.1 Å². The maximum Gasteiger partial charge on any atom is 0.233 e. The fraction of sp³-hybridized carbons (Fsp3) is 0.167. The molecule has 7 nitrogen and oxygen atoms in total. The first-order valence-corrected chi connectivity index (χ1v) is 5.66. The number of nitrogens with zero attached hydrogens (tertiary/aromatic N) is 5. The minimum atomic E-state index is 0.401. The van der Waals surface area contributed by atoms with Crippen LogP contribution in [-0.4, -0.2) is 32.4 Å². The van der Waals surface area contributed by atoms with E-state index >= 15 is 0 Å². The Kier molecular flexibility index (Phi) is 2.93. The summed E-state index contributed by atoms with van der Waals surface area (Å²) in [5.74, 6) is 1.26. The molecule has 0 saturated heterocycles. The van der Waals surface area contributed by atoms with Crippen LogP contribution in [0.4, 0.5) is 0 Å². The van der Waals surface area contributed by atoms with Crippen LogP contribution in [0.3, 0.4) is 0 Å². The molecular weight excluding hydrogens is 246 g/mol. The molecule has 0 aliphatic heterocycles. The number of fused-ring (bicyclic) bond motifs is 1. The summed E-state index contributed by atoms with van der Waals surface area (Å²) in [6, 6.07) is 11.1. The third-order valence-electron chi connectivity index (χ3n) is 2.57. The van der Waals surface area contributed by atoms with Gasteiger partial charge in [-0.25, -0.2) is 0 Å². The Hall–Kier alpha value is -2.70. The third-order valence-corrected chi connectivity index (χ3v) is 2.57. The highest BCUT2D eigenvalue weighted by molar-refractivity contribution is 5.34. The normalized spacial score (nSPS) is 10.6. The van der Waals surface area contributed by atoms with Gasteiger partial charge in [0.25, 0.3) is 0 Å². The van der Waals surface area contributed by atoms with Gasteiger partial charge in [0, 0.05) is 6.07 Å². The lowest BCUT2D eigenvalue weighted by Gasteiger charge is -2.06. The molecule has 0 saturated carbocycles. The summed E-state index contributed by atoms with van der Waals surface area (Å²) >= 11 is 0. The summed E-state index contributed by atoms with van der Waals surface area (Å²) < 4.78 is 12.1. The van der Waals surface area contributed by atoms with Crippen molar-refractivity contribution in [2.45, 2.75) is 6.61 Å². The number of hydrogen-bond acceptors (Lipinski definition) is 6. The Morgan fingerprint density at radius 3 is 3.05 bits per heavy atom. The Labute approximate surface area is 108 Å². The van der Waals surface area contributed by atoms with E-state index in [4.69, 9.17) is 9.47 Å². The van der Waals surface area contributed by atoms with Crippen molar-refractivity contribution < 1.29 is 9.47 Å². The lowest BCUT2D eigenvalue weighted by Crippen LogP contribution is -2.01. The smallest absolute Gasteiger partial charge is 0.233 e. The first-order chi connectivity index (χ1) is 9.35. The van der Waals surface area contributed by atoms with E-state index in [1.165, 1.54) is 4.63 Å². The number of ether oxygens (including phenoxy) is 2. The first-order valence-electron chi connectivity index (χ1n) is 5.66. The van der Waals surface area contributed by atoms with Crippen LogP contribution < -0.4 is 9.47 Å². The standard InChI is InChI=1S/C12H11N5O2/c1-18-10-4-2-3-9(7-10)8-19-12-6-5-11-13-15-16-17(11)14-12/h2-7H,8H2,1H3. The Bertz CT molecular complexity index is 697. The molecule has 1 aromatic carbocycles. The molecule has 0 amide bonds. The first kappa shape index (κ1) is 11.4. The zero-order valence-electron chi connectivity index (χ0n) is 10.2. The van der Waals surface area contributed by atoms with Crippen LogP contribution in [0.5, 0.6) is 11.6 Å². The summed E-state index contributed by atoms with van der Waals surface area (Å²) in [6.07, 6.45) is 0. The quantitative estimate of drug-likeness (QED) is 0.697. The van der Waals surface area contributed by atoms with E-state index in [1.54, 1.807) is 19.2 Å². The van der Waals surface area contributed by atoms with Gasteiger partial charge in [0.05, 0.1) is 7.11 Å². The minimum absolute atomic E-state index is 0.401. The molecule has 0 aliphatic carbocycles. The second-order valence-corrected chi connectivity index (χ2v) is 3.84. The van der Waals surface area contributed by atoms with Crippen LogP contribution in [0.1, 0.15) is 5.56 Å². The molecule has 0 spiro atoms. The van der Waals surface area contributed by atoms with Gasteiger partial charge < -0.3 is 9.47 Å². The van der Waals surface area contributed by atoms with Gasteiger partial charge in [0.2, 0.25) is 5.88 Å². The molecule has 0 fully saturated rings. The van der Waals surface area contributed by atoms with Gasteiger partial charge in [-0.05, 0) is 34.2 Å². The van der Waals surface area contributed by atoms with E-state index in [9.17, 15) is 0 Å². The zero-order valence-corrected chi connectivity index (χ0v) is 10.2. The molecule has 0 unspecified atom stereocenters. The van der Waals surface area contributed by atoms with Crippen LogP contribution in [0.15, 0.2) is 36.4 Å². The van der Waals surface area contributed by atoms with E-state index in [-0.39, 0.29) is 0 Å². The molecule has 3 aromatic rings. The lowest BCUT2D eigenvalue weighted by molar-refractivity contribution is 0.286. The van der Waals surface area contributed by atoms with Crippen LogP contribution in [0.25, 0.3) is 5.65 Å². The third kappa shape index (κ3) is 2.44. The molecule has 3 rings (SSSR count). The number of rotatable bonds is 4. The molecular formula is C12H11N5O2. The molecule has 96 valence electrons. The number of tetrazole rings is 1. The van der Waals surface area contributed by atoms with Crippen molar-refractivity contribution in [1.82, 2.24) is 25.3 Å². The monoisotopic (exact) mass is 257 g/mol. The van der Waals surface area contributed by atoms with Gasteiger partial charge in [-0.2, -0.15) is 0 Å². The second kappa shape index (κ2) is 4.89. The Morgan fingerprint density at radius 2 is 2.16 bits per heavy atom. The molecule has 0 N–H and O–H groups in total. The number of benzene rings is 1. The predicted molar refractivity (Wildman–Crippen MR) is 65.9 cm³/mol. The van der Waals surface area contributed by atoms with Crippen LogP contribution >= 0.6 is 0 Å². The summed E-state index contributed by atoms with van der Waals surface area (Å²) in [6.45, 7) is 0.401. The molecule has 0 aliphatic rings. The van der Waals surface area contributed by atoms with Crippen molar-refractivity contribution in [2.24, 2.45) is 0 Å². The Morgan fingerprint density at radius 1 is 1.21 bits per heavy atom. The van der Waals surface area contributed by atoms with Gasteiger partial charge in [0.15, 0.2) is 5.65 Å². The highest BCUT2D eigenvalue weighted by Crippen LogP contribution is 2.14. The highest BCUT2D eigenvalue weighted by Gasteiger charge is 2.02. The van der Waals surface area contributed by atoms with Gasteiger partial charge in [-0.15, -0.1) is 14.8 Å². The van der Waals surface area contributed by atoms with Crippen molar-refractivity contribution in [3.05, 3.63) is 42.0 Å². The molecule has 0 atom stereocenters. The largest absolute Gasteiger partial charge is 0.497 e. The SMILES string of the molecule is COc1cccc(COc2ccc3nnnn3n2)c1. The van der Waals surface area contributed by atoms with Gasteiger partial charge >= 0.3 is 0 Å². The van der Waals surface area contributed by atoms with E-state index < -0.39 is 0 Å². The van der Waals surface area contributed by atoms with Crippen LogP contribution in [0.2, 0.25) is 0 Å². The van der Waals surface area contributed by atoms with Gasteiger partial charge in [-0.3, -0.25) is 0 Å². The summed E-state index contributed by atoms with van der Waals surface area (Å²) in [5, 5.41) is 15.1. The second-order valence-electron chi connectivity index (χ2n) is 3.84. The predicted octanol–water partition coefficient (Wildman–Crippen LogP) is 1.11. The molecule has 0 bridgehead atoms. The topological polar surface area (TPSA) is 74.4 Å². The van der Waals surface area contributed by atoms with E-state index in [1.807, 2.05) is 24.3 Å². The highest BCUT2D eigenvalue weighted by atomic mass is 16.5. The fourth-order valence-electron chi connectivity index (χ4n) is 1.63. The fourth-order valence-corrected chi connectivity index (χ4v) is 1.63. The summed E-state index contributed by atoms with van der Waals surface area (Å²) in [7, 11) is 1.63. The molecule has 2 heterocycles. The molecule has 19 heavy (non-hydrogen) atoms. The van der Waals surface area contributed by atoms with Crippen molar-refractivity contribution in [1.29, 1.82) is 0 Å². The lowest BCUT2D eigenvalue weighted by atomic mass is 10.2. The van der Waals surface area contributed by atoms with Crippen molar-refractivity contribution in [3.63, 3.8) is 0 Å². The van der Waals surface area contributed by atoms with Crippen LogP contribution in [0, 0.1) is 0 Å². The minimum Gasteiger partial charge on any atom is -0.497 e. The van der Waals surface area contributed by atoms with Crippen LogP contribution in [-0.2, 0) is 6.61 Å². The zero-order chi connectivity index (χ0) is 13.1. The van der Waals surface area contributed by atoms with E-state index in [0.717, 1.165) is 11.3 Å². The number of methoxy groups -OCH3 is 1. The molecule has 0 radical (unpaired) electrons. The molecule has 2 aromatic heterocycles. The number of hydrogen-bond donors (Lipinski definition) is 0. The van der Waals surface area contributed by atoms with E-state index in [2.05, 4.69) is 20.6 Å². The maximum atomic E-state index is 5.59. The average molecular weight is 257 g/mol. The van der Waals surface area contributed by atoms with Gasteiger partial charge in [-0.1, -0.05) is 12.1 Å². The summed E-state index contributed by atoms with van der Waals surface area (Å²) in [5.41, 5.74) is 1.58. The number of aromatic nitrogens is 5. The molecule has 7 heteroatoms. The van der Waals surface area contributed by atoms with Crippen molar-refractivity contribution in [2.75, 3.05) is 7.11 Å². The Balaban J connectivity index is 1.74.